The number of hydrogen-bond donors (Lipinski definition) is 1. The van der Waals surface area contributed by atoms with E-state index >= 15 is 0 Å². The van der Waals surface area contributed by atoms with Gasteiger partial charge in [-0.25, -0.2) is 0 Å². The van der Waals surface area contributed by atoms with Crippen molar-refractivity contribution in [2.75, 3.05) is 32.7 Å². The quantitative estimate of drug-likeness (QED) is 0.563. The Hall–Kier alpha value is -0.610. The van der Waals surface area contributed by atoms with E-state index in [4.69, 9.17) is 5.11 Å². The van der Waals surface area contributed by atoms with Gasteiger partial charge in [-0.1, -0.05) is 0 Å². The van der Waals surface area contributed by atoms with Crippen molar-refractivity contribution in [3.63, 3.8) is 0 Å². The lowest BCUT2D eigenvalue weighted by Gasteiger charge is -2.32. The third-order valence-electron chi connectivity index (χ3n) is 2.08. The van der Waals surface area contributed by atoms with Crippen molar-refractivity contribution in [3.8, 4) is 0 Å². The molecule has 12 heavy (non-hydrogen) atoms. The van der Waals surface area contributed by atoms with E-state index < -0.39 is 0 Å². The summed E-state index contributed by atoms with van der Waals surface area (Å²) in [5, 5.41) is 9.10. The van der Waals surface area contributed by atoms with Gasteiger partial charge in [-0.2, -0.15) is 0 Å². The van der Waals surface area contributed by atoms with Crippen molar-refractivity contribution < 1.29 is 9.90 Å². The number of aliphatic hydroxyl groups excluding tert-OH is 1. The summed E-state index contributed by atoms with van der Waals surface area (Å²) in [5.41, 5.74) is 0. The lowest BCUT2D eigenvalue weighted by molar-refractivity contribution is -0.119. The van der Waals surface area contributed by atoms with E-state index in [1.807, 2.05) is 0 Å². The molecular formula is C8H16N2O2. The molecule has 1 heterocycles. The summed E-state index contributed by atoms with van der Waals surface area (Å²) in [6.07, 6.45) is 0.618. The Kier molecular flexibility index (Phi) is 3.49. The Morgan fingerprint density at radius 3 is 2.42 bits per heavy atom. The number of rotatable bonds is 3. The zero-order valence-corrected chi connectivity index (χ0v) is 7.44. The Morgan fingerprint density at radius 2 is 2.00 bits per heavy atom. The summed E-state index contributed by atoms with van der Waals surface area (Å²) in [5.74, 6) is 0. The van der Waals surface area contributed by atoms with Crippen LogP contribution < -0.4 is 0 Å². The van der Waals surface area contributed by atoms with Crippen LogP contribution in [0.2, 0.25) is 0 Å². The van der Waals surface area contributed by atoms with Crippen LogP contribution in [0.5, 0.6) is 0 Å². The fourth-order valence-corrected chi connectivity index (χ4v) is 1.42. The molecule has 0 saturated carbocycles. The van der Waals surface area contributed by atoms with Gasteiger partial charge in [0.05, 0.1) is 6.10 Å². The van der Waals surface area contributed by atoms with Crippen LogP contribution in [0.15, 0.2) is 0 Å². The number of aliphatic hydroxyl groups is 1. The molecule has 0 aliphatic carbocycles. The number of amides is 1. The first-order valence-corrected chi connectivity index (χ1v) is 4.32. The molecule has 1 fully saturated rings. The van der Waals surface area contributed by atoms with Gasteiger partial charge >= 0.3 is 0 Å². The van der Waals surface area contributed by atoms with E-state index in [-0.39, 0.29) is 6.10 Å². The van der Waals surface area contributed by atoms with E-state index in [0.717, 1.165) is 32.6 Å². The first-order chi connectivity index (χ1) is 5.72. The van der Waals surface area contributed by atoms with E-state index in [0.29, 0.717) is 6.54 Å². The van der Waals surface area contributed by atoms with Crippen molar-refractivity contribution in [2.24, 2.45) is 0 Å². The summed E-state index contributed by atoms with van der Waals surface area (Å²) >= 11 is 0. The molecule has 1 saturated heterocycles. The van der Waals surface area contributed by atoms with Gasteiger partial charge in [0.1, 0.15) is 0 Å². The zero-order valence-electron chi connectivity index (χ0n) is 7.44. The SMILES string of the molecule is CC(O)CN1CCN(C=O)CC1. The average molecular weight is 172 g/mol. The van der Waals surface area contributed by atoms with Gasteiger partial charge in [-0.05, 0) is 6.92 Å². The van der Waals surface area contributed by atoms with E-state index in [1.54, 1.807) is 11.8 Å². The third kappa shape index (κ3) is 2.79. The highest BCUT2D eigenvalue weighted by Crippen LogP contribution is 1.99. The fraction of sp³-hybridized carbons (Fsp3) is 0.875. The Bertz CT molecular complexity index is 142. The molecule has 0 bridgehead atoms. The molecule has 4 heteroatoms. The second kappa shape index (κ2) is 4.42. The first kappa shape index (κ1) is 9.48. The highest BCUT2D eigenvalue weighted by Gasteiger charge is 2.15. The van der Waals surface area contributed by atoms with Gasteiger partial charge < -0.3 is 10.0 Å². The van der Waals surface area contributed by atoms with Crippen molar-refractivity contribution in [1.82, 2.24) is 9.80 Å². The van der Waals surface area contributed by atoms with Crippen LogP contribution in [-0.4, -0.2) is 60.1 Å². The van der Waals surface area contributed by atoms with Crippen LogP contribution in [0, 0.1) is 0 Å². The first-order valence-electron chi connectivity index (χ1n) is 4.32. The molecule has 0 aromatic carbocycles. The number of hydrogen-bond acceptors (Lipinski definition) is 3. The molecule has 1 amide bonds. The van der Waals surface area contributed by atoms with E-state index in [2.05, 4.69) is 4.90 Å². The number of piperazine rings is 1. The Labute approximate surface area is 72.8 Å². The van der Waals surface area contributed by atoms with Crippen molar-refractivity contribution in [1.29, 1.82) is 0 Å². The molecule has 1 atom stereocenters. The largest absolute Gasteiger partial charge is 0.392 e. The maximum atomic E-state index is 10.3. The summed E-state index contributed by atoms with van der Waals surface area (Å²) < 4.78 is 0. The molecule has 1 aliphatic heterocycles. The summed E-state index contributed by atoms with van der Waals surface area (Å²) in [6, 6.07) is 0. The maximum absolute atomic E-state index is 10.3. The molecule has 0 radical (unpaired) electrons. The molecule has 1 rings (SSSR count). The highest BCUT2D eigenvalue weighted by atomic mass is 16.3. The topological polar surface area (TPSA) is 43.8 Å². The van der Waals surface area contributed by atoms with Gasteiger partial charge in [0.2, 0.25) is 6.41 Å². The lowest BCUT2D eigenvalue weighted by atomic mass is 10.3. The van der Waals surface area contributed by atoms with Gasteiger partial charge in [-0.15, -0.1) is 0 Å². The summed E-state index contributed by atoms with van der Waals surface area (Å²) in [6.45, 7) is 5.83. The van der Waals surface area contributed by atoms with Crippen LogP contribution in [0.1, 0.15) is 6.92 Å². The van der Waals surface area contributed by atoms with Crippen LogP contribution >= 0.6 is 0 Å². The van der Waals surface area contributed by atoms with Gasteiger partial charge in [0.25, 0.3) is 0 Å². The summed E-state index contributed by atoms with van der Waals surface area (Å²) in [4.78, 5) is 14.3. The number of β-amino-alcohol motifs (C(OH)–C–C–N with tert-alkyl or cyclic N) is 1. The molecular weight excluding hydrogens is 156 g/mol. The minimum Gasteiger partial charge on any atom is -0.392 e. The van der Waals surface area contributed by atoms with Crippen LogP contribution in [0.25, 0.3) is 0 Å². The molecule has 4 nitrogen and oxygen atoms in total. The van der Waals surface area contributed by atoms with Crippen LogP contribution in [0.3, 0.4) is 0 Å². The van der Waals surface area contributed by atoms with Crippen LogP contribution in [-0.2, 0) is 4.79 Å². The monoisotopic (exact) mass is 172 g/mol. The predicted molar refractivity (Wildman–Crippen MR) is 45.8 cm³/mol. The number of carbonyl (C=O) groups excluding carboxylic acids is 1. The van der Waals surface area contributed by atoms with Gasteiger partial charge in [-0.3, -0.25) is 9.69 Å². The zero-order chi connectivity index (χ0) is 8.97. The molecule has 0 spiro atoms. The second-order valence-corrected chi connectivity index (χ2v) is 3.29. The van der Waals surface area contributed by atoms with Crippen LogP contribution in [0.4, 0.5) is 0 Å². The number of nitrogens with zero attached hydrogens (tertiary/aromatic N) is 2. The lowest BCUT2D eigenvalue weighted by Crippen LogP contribution is -2.47. The second-order valence-electron chi connectivity index (χ2n) is 3.29. The maximum Gasteiger partial charge on any atom is 0.209 e. The fourth-order valence-electron chi connectivity index (χ4n) is 1.42. The van der Waals surface area contributed by atoms with Gasteiger partial charge in [0, 0.05) is 32.7 Å². The minimum absolute atomic E-state index is 0.271. The third-order valence-corrected chi connectivity index (χ3v) is 2.08. The predicted octanol–water partition coefficient (Wildman–Crippen LogP) is -0.859. The Morgan fingerprint density at radius 1 is 1.42 bits per heavy atom. The standard InChI is InChI=1S/C8H16N2O2/c1-8(12)6-9-2-4-10(7-11)5-3-9/h7-8,12H,2-6H2,1H3. The van der Waals surface area contributed by atoms with Crippen molar-refractivity contribution in [3.05, 3.63) is 0 Å². The molecule has 1 unspecified atom stereocenters. The molecule has 1 aliphatic rings. The van der Waals surface area contributed by atoms with Crippen molar-refractivity contribution >= 4 is 6.41 Å². The number of carbonyl (C=O) groups is 1. The Balaban J connectivity index is 2.21. The summed E-state index contributed by atoms with van der Waals surface area (Å²) in [7, 11) is 0. The minimum atomic E-state index is -0.271. The molecule has 70 valence electrons. The average Bonchev–Trinajstić information content (AvgIpc) is 2.05. The molecule has 0 aromatic rings. The smallest absolute Gasteiger partial charge is 0.209 e. The van der Waals surface area contributed by atoms with Gasteiger partial charge in [0.15, 0.2) is 0 Å². The normalized spacial score (nSPS) is 22.3. The van der Waals surface area contributed by atoms with E-state index in [1.165, 1.54) is 0 Å². The molecule has 1 N–H and O–H groups in total. The molecule has 0 aromatic heterocycles. The van der Waals surface area contributed by atoms with Crippen molar-refractivity contribution in [2.45, 2.75) is 13.0 Å². The van der Waals surface area contributed by atoms with E-state index in [9.17, 15) is 4.79 Å². The highest BCUT2D eigenvalue weighted by molar-refractivity contribution is 5.47.